The molecule has 1 atom stereocenters. The molecule has 0 bridgehead atoms. The Morgan fingerprint density at radius 3 is 2.79 bits per heavy atom. The molecule has 1 amide bonds. The van der Waals surface area contributed by atoms with Crippen LogP contribution in [0.5, 0.6) is 0 Å². The van der Waals surface area contributed by atoms with Crippen molar-refractivity contribution >= 4 is 17.8 Å². The number of hydrogen-bond acceptors (Lipinski definition) is 4. The van der Waals surface area contributed by atoms with E-state index in [1.165, 1.54) is 7.11 Å². The van der Waals surface area contributed by atoms with E-state index in [0.717, 1.165) is 4.90 Å². The van der Waals surface area contributed by atoms with Crippen molar-refractivity contribution in [2.45, 2.75) is 6.42 Å². The lowest BCUT2D eigenvalue weighted by Gasteiger charge is -2.29. The highest BCUT2D eigenvalue weighted by molar-refractivity contribution is 6.01. The molecule has 0 saturated carbocycles. The van der Waals surface area contributed by atoms with Crippen LogP contribution in [0.3, 0.4) is 0 Å². The van der Waals surface area contributed by atoms with Crippen LogP contribution in [0.4, 0.5) is 4.79 Å². The molecule has 1 fully saturated rings. The zero-order chi connectivity index (χ0) is 10.7. The number of hydrogen-bond donors (Lipinski definition) is 2. The van der Waals surface area contributed by atoms with Crippen LogP contribution < -0.4 is 0 Å². The van der Waals surface area contributed by atoms with Gasteiger partial charge in [-0.1, -0.05) is 0 Å². The first-order valence-electron chi connectivity index (χ1n) is 4.19. The van der Waals surface area contributed by atoms with Gasteiger partial charge in [-0.15, -0.1) is 0 Å². The molecule has 0 spiro atoms. The monoisotopic (exact) mass is 200 g/mol. The molecule has 1 rings (SSSR count). The minimum atomic E-state index is -1.06. The van der Waals surface area contributed by atoms with E-state index in [4.69, 9.17) is 10.5 Å². The summed E-state index contributed by atoms with van der Waals surface area (Å²) in [6, 6.07) is 0. The highest BCUT2D eigenvalue weighted by Gasteiger charge is 2.32. The van der Waals surface area contributed by atoms with Crippen LogP contribution >= 0.6 is 0 Å². The van der Waals surface area contributed by atoms with Gasteiger partial charge in [-0.3, -0.25) is 4.79 Å². The van der Waals surface area contributed by atoms with E-state index in [0.29, 0.717) is 6.42 Å². The van der Waals surface area contributed by atoms with Crippen LogP contribution in [0, 0.1) is 11.3 Å². The molecule has 78 valence electrons. The van der Waals surface area contributed by atoms with Crippen LogP contribution in [-0.4, -0.2) is 48.0 Å². The van der Waals surface area contributed by atoms with Gasteiger partial charge in [0.05, 0.1) is 7.11 Å². The summed E-state index contributed by atoms with van der Waals surface area (Å²) in [6.07, 6.45) is -0.766. The molecule has 1 unspecified atom stereocenters. The van der Waals surface area contributed by atoms with Gasteiger partial charge in [0.2, 0.25) is 0 Å². The Hall–Kier alpha value is -1.59. The van der Waals surface area contributed by atoms with Crippen molar-refractivity contribution in [1.82, 2.24) is 4.90 Å². The van der Waals surface area contributed by atoms with Crippen molar-refractivity contribution < 1.29 is 19.4 Å². The van der Waals surface area contributed by atoms with Crippen molar-refractivity contribution in [2.75, 3.05) is 20.2 Å². The number of likely N-dealkylation sites (tertiary alicyclic amines) is 1. The van der Waals surface area contributed by atoms with E-state index in [1.807, 2.05) is 0 Å². The van der Waals surface area contributed by atoms with Crippen molar-refractivity contribution in [3.63, 3.8) is 0 Å². The molecule has 1 heterocycles. The topological polar surface area (TPSA) is 90.7 Å². The van der Waals surface area contributed by atoms with E-state index < -0.39 is 18.0 Å². The van der Waals surface area contributed by atoms with Crippen molar-refractivity contribution in [1.29, 1.82) is 5.41 Å². The number of piperidine rings is 1. The Morgan fingerprint density at radius 1 is 1.64 bits per heavy atom. The number of rotatable bonds is 1. The van der Waals surface area contributed by atoms with E-state index >= 15 is 0 Å². The van der Waals surface area contributed by atoms with Gasteiger partial charge < -0.3 is 20.2 Å². The Bertz CT molecular complexity index is 269. The summed E-state index contributed by atoms with van der Waals surface area (Å²) >= 11 is 0. The molecule has 0 radical (unpaired) electrons. The Morgan fingerprint density at radius 2 is 2.29 bits per heavy atom. The van der Waals surface area contributed by atoms with Gasteiger partial charge in [0, 0.05) is 25.2 Å². The summed E-state index contributed by atoms with van der Waals surface area (Å²) in [7, 11) is 1.23. The van der Waals surface area contributed by atoms with Crippen LogP contribution in [0.25, 0.3) is 0 Å². The summed E-state index contributed by atoms with van der Waals surface area (Å²) < 4.78 is 4.49. The van der Waals surface area contributed by atoms with E-state index in [1.54, 1.807) is 0 Å². The molecule has 0 aromatic rings. The quantitative estimate of drug-likeness (QED) is 0.590. The van der Waals surface area contributed by atoms with Crippen molar-refractivity contribution in [2.24, 2.45) is 5.92 Å². The zero-order valence-electron chi connectivity index (χ0n) is 7.82. The molecular formula is C8H12N2O4. The molecule has 0 aromatic heterocycles. The van der Waals surface area contributed by atoms with Crippen LogP contribution in [-0.2, 0) is 9.53 Å². The first-order valence-corrected chi connectivity index (χ1v) is 4.19. The summed E-state index contributed by atoms with van der Waals surface area (Å²) in [5, 5.41) is 16.2. The zero-order valence-corrected chi connectivity index (χ0v) is 7.82. The molecule has 6 nitrogen and oxygen atoms in total. The number of ether oxygens (including phenoxy) is 1. The number of carboxylic acid groups (broad SMARTS) is 1. The minimum absolute atomic E-state index is 0.0286. The van der Waals surface area contributed by atoms with Gasteiger partial charge in [0.25, 0.3) is 0 Å². The molecule has 0 aliphatic carbocycles. The summed E-state index contributed by atoms with van der Waals surface area (Å²) in [5.41, 5.74) is 0.245. The first kappa shape index (κ1) is 10.5. The fourth-order valence-corrected chi connectivity index (χ4v) is 1.38. The third-order valence-corrected chi connectivity index (χ3v) is 2.23. The molecule has 1 aliphatic heterocycles. The maximum Gasteiger partial charge on any atom is 0.407 e. The maximum atomic E-state index is 11.2. The lowest BCUT2D eigenvalue weighted by molar-refractivity contribution is -0.143. The second kappa shape index (κ2) is 4.08. The van der Waals surface area contributed by atoms with Crippen LogP contribution in [0.1, 0.15) is 6.42 Å². The molecular weight excluding hydrogens is 188 g/mol. The smallest absolute Gasteiger partial charge is 0.407 e. The second-order valence-electron chi connectivity index (χ2n) is 3.08. The lowest BCUT2D eigenvalue weighted by atomic mass is 9.96. The Balaban J connectivity index is 2.69. The van der Waals surface area contributed by atoms with Crippen molar-refractivity contribution in [3.05, 3.63) is 0 Å². The molecule has 1 saturated heterocycles. The van der Waals surface area contributed by atoms with Crippen LogP contribution in [0.2, 0.25) is 0 Å². The Labute approximate surface area is 81.0 Å². The van der Waals surface area contributed by atoms with Crippen LogP contribution in [0.15, 0.2) is 0 Å². The predicted molar refractivity (Wildman–Crippen MR) is 47.4 cm³/mol. The number of carbonyl (C=O) groups excluding carboxylic acids is 1. The highest BCUT2D eigenvalue weighted by atomic mass is 16.5. The first-order chi connectivity index (χ1) is 6.56. The lowest BCUT2D eigenvalue weighted by Crippen LogP contribution is -2.46. The number of nitrogens with one attached hydrogen (secondary N) is 1. The minimum Gasteiger partial charge on any atom is -0.468 e. The SMILES string of the molecule is COC(=O)C1CN(C(=O)O)CCC1=N. The normalized spacial score (nSPS) is 21.9. The van der Waals surface area contributed by atoms with E-state index in [9.17, 15) is 9.59 Å². The number of nitrogens with zero attached hydrogens (tertiary/aromatic N) is 1. The number of esters is 1. The summed E-state index contributed by atoms with van der Waals surface area (Å²) in [6.45, 7) is 0.308. The van der Waals surface area contributed by atoms with Gasteiger partial charge in [-0.25, -0.2) is 4.79 Å². The number of carbonyl (C=O) groups is 2. The third-order valence-electron chi connectivity index (χ3n) is 2.23. The third kappa shape index (κ3) is 2.01. The second-order valence-corrected chi connectivity index (χ2v) is 3.08. The van der Waals surface area contributed by atoms with Gasteiger partial charge >= 0.3 is 12.1 Å². The predicted octanol–water partition coefficient (Wildman–Crippen LogP) is 0.179. The van der Waals surface area contributed by atoms with Crippen molar-refractivity contribution in [3.8, 4) is 0 Å². The fraction of sp³-hybridized carbons (Fsp3) is 0.625. The average molecular weight is 200 g/mol. The largest absolute Gasteiger partial charge is 0.468 e. The molecule has 6 heteroatoms. The van der Waals surface area contributed by atoms with Gasteiger partial charge in [-0.05, 0) is 0 Å². The molecule has 1 aliphatic rings. The van der Waals surface area contributed by atoms with Gasteiger partial charge in [0.1, 0.15) is 5.92 Å². The number of methoxy groups -OCH3 is 1. The molecule has 2 N–H and O–H groups in total. The summed E-state index contributed by atoms with van der Waals surface area (Å²) in [5.74, 6) is -1.27. The number of amides is 1. The molecule has 0 aromatic carbocycles. The fourth-order valence-electron chi connectivity index (χ4n) is 1.38. The van der Waals surface area contributed by atoms with Gasteiger partial charge in [-0.2, -0.15) is 0 Å². The van der Waals surface area contributed by atoms with E-state index in [2.05, 4.69) is 4.74 Å². The van der Waals surface area contributed by atoms with Gasteiger partial charge in [0.15, 0.2) is 0 Å². The maximum absolute atomic E-state index is 11.2. The summed E-state index contributed by atoms with van der Waals surface area (Å²) in [4.78, 5) is 22.9. The average Bonchev–Trinajstić information content (AvgIpc) is 2.17. The molecule has 14 heavy (non-hydrogen) atoms. The standard InChI is InChI=1S/C8H12N2O4/c1-14-7(11)5-4-10(8(12)13)3-2-6(5)9/h5,9H,2-4H2,1H3,(H,12,13). The van der Waals surface area contributed by atoms with E-state index in [-0.39, 0.29) is 18.8 Å². The highest BCUT2D eigenvalue weighted by Crippen LogP contribution is 2.14. The Kier molecular flexibility index (Phi) is 3.06.